The van der Waals surface area contributed by atoms with Crippen LogP contribution in [0.3, 0.4) is 0 Å². The Morgan fingerprint density at radius 1 is 0.828 bits per heavy atom. The van der Waals surface area contributed by atoms with Crippen molar-refractivity contribution in [3.63, 3.8) is 0 Å². The number of imidazole rings is 1. The largest absolute Gasteiger partial charge is 0.437 e. The van der Waals surface area contributed by atoms with Gasteiger partial charge < -0.3 is 8.98 Å². The van der Waals surface area contributed by atoms with Crippen molar-refractivity contribution in [1.29, 1.82) is 0 Å². The summed E-state index contributed by atoms with van der Waals surface area (Å²) >= 11 is 0. The fraction of sp³-hybridized carbons (Fsp3) is 0.120. The molecule has 3 aromatic carbocycles. The van der Waals surface area contributed by atoms with Crippen molar-refractivity contribution >= 4 is 43.9 Å². The van der Waals surface area contributed by atoms with Crippen molar-refractivity contribution in [2.45, 2.75) is 20.4 Å². The molecular weight excluding hydrogens is 358 g/mol. The van der Waals surface area contributed by atoms with Gasteiger partial charge in [0.2, 0.25) is 5.71 Å². The monoisotopic (exact) mass is 377 g/mol. The first-order chi connectivity index (χ1) is 14.2. The summed E-state index contributed by atoms with van der Waals surface area (Å²) in [6, 6.07) is 23.1. The molecule has 0 N–H and O–H groups in total. The molecule has 0 saturated heterocycles. The van der Waals surface area contributed by atoms with Crippen LogP contribution < -0.4 is 0 Å². The van der Waals surface area contributed by atoms with E-state index in [-0.39, 0.29) is 0 Å². The first-order valence-electron chi connectivity index (χ1n) is 9.92. The highest BCUT2D eigenvalue weighted by Gasteiger charge is 2.19. The van der Waals surface area contributed by atoms with E-state index in [1.807, 2.05) is 13.0 Å². The Balaban J connectivity index is 1.73. The van der Waals surface area contributed by atoms with Gasteiger partial charge in [-0.2, -0.15) is 0 Å². The second-order valence-electron chi connectivity index (χ2n) is 7.42. The number of hydrogen-bond acceptors (Lipinski definition) is 3. The van der Waals surface area contributed by atoms with Crippen LogP contribution in [0.4, 0.5) is 0 Å². The number of para-hydroxylation sites is 1. The zero-order chi connectivity index (χ0) is 19.5. The minimum Gasteiger partial charge on any atom is -0.437 e. The van der Waals surface area contributed by atoms with Crippen molar-refractivity contribution in [1.82, 2.24) is 14.5 Å². The van der Waals surface area contributed by atoms with E-state index in [1.54, 1.807) is 0 Å². The number of nitrogens with zero attached hydrogens (tertiary/aromatic N) is 3. The minimum atomic E-state index is 0.678. The lowest BCUT2D eigenvalue weighted by Gasteiger charge is -2.08. The molecule has 0 atom stereocenters. The summed E-state index contributed by atoms with van der Waals surface area (Å²) < 4.78 is 8.53. The third-order valence-corrected chi connectivity index (χ3v) is 5.69. The van der Waals surface area contributed by atoms with Crippen LogP contribution in [0.25, 0.3) is 55.3 Å². The van der Waals surface area contributed by atoms with E-state index in [2.05, 4.69) is 77.1 Å². The maximum absolute atomic E-state index is 6.24. The number of fused-ring (bicyclic) bond motifs is 6. The molecule has 140 valence electrons. The Labute approximate surface area is 167 Å². The predicted molar refractivity (Wildman–Crippen MR) is 118 cm³/mol. The third-order valence-electron chi connectivity index (χ3n) is 5.69. The standard InChI is InChI=1S/C25H19N3O/c1-3-28-22-17-8-5-4-7-16(17)12-14-21(22)27-24(28)20-10-6-9-18-19-13-11-15(2)26-25(19)29-23(18)20/h4-14H,3H2,1-2H3. The Bertz CT molecular complexity index is 1560. The van der Waals surface area contributed by atoms with Gasteiger partial charge in [-0.05, 0) is 43.5 Å². The number of hydrogen-bond donors (Lipinski definition) is 0. The number of rotatable bonds is 2. The molecule has 0 bridgehead atoms. The molecule has 4 nitrogen and oxygen atoms in total. The molecule has 4 heteroatoms. The molecule has 0 radical (unpaired) electrons. The summed E-state index contributed by atoms with van der Waals surface area (Å²) in [6.07, 6.45) is 0. The molecule has 0 saturated carbocycles. The first kappa shape index (κ1) is 16.3. The van der Waals surface area contributed by atoms with Gasteiger partial charge in [0.25, 0.3) is 0 Å². The third kappa shape index (κ3) is 2.26. The normalized spacial score (nSPS) is 11.9. The topological polar surface area (TPSA) is 43.9 Å². The van der Waals surface area contributed by atoms with Gasteiger partial charge in [0.15, 0.2) is 0 Å². The van der Waals surface area contributed by atoms with Crippen molar-refractivity contribution in [3.8, 4) is 11.4 Å². The summed E-state index contributed by atoms with van der Waals surface area (Å²) in [5.74, 6) is 0.931. The second kappa shape index (κ2) is 5.92. The summed E-state index contributed by atoms with van der Waals surface area (Å²) in [5, 5.41) is 4.56. The average Bonchev–Trinajstić information content (AvgIpc) is 3.31. The van der Waals surface area contributed by atoms with Crippen LogP contribution in [-0.2, 0) is 6.54 Å². The zero-order valence-electron chi connectivity index (χ0n) is 16.3. The highest BCUT2D eigenvalue weighted by molar-refractivity contribution is 6.10. The average molecular weight is 377 g/mol. The zero-order valence-corrected chi connectivity index (χ0v) is 16.3. The van der Waals surface area contributed by atoms with E-state index < -0.39 is 0 Å². The van der Waals surface area contributed by atoms with Gasteiger partial charge in [0.1, 0.15) is 11.4 Å². The molecule has 0 aliphatic rings. The summed E-state index contributed by atoms with van der Waals surface area (Å²) in [6.45, 7) is 4.97. The van der Waals surface area contributed by atoms with E-state index in [9.17, 15) is 0 Å². The van der Waals surface area contributed by atoms with Crippen LogP contribution in [0, 0.1) is 6.92 Å². The van der Waals surface area contributed by atoms with Gasteiger partial charge in [-0.25, -0.2) is 9.97 Å². The summed E-state index contributed by atoms with van der Waals surface area (Å²) in [7, 11) is 0. The molecular formula is C25H19N3O. The molecule has 0 amide bonds. The molecule has 3 aromatic heterocycles. The van der Waals surface area contributed by atoms with Crippen molar-refractivity contribution < 1.29 is 4.42 Å². The summed E-state index contributed by atoms with van der Waals surface area (Å²) in [4.78, 5) is 9.60. The van der Waals surface area contributed by atoms with E-state index >= 15 is 0 Å². The van der Waals surface area contributed by atoms with E-state index in [4.69, 9.17) is 9.40 Å². The van der Waals surface area contributed by atoms with Crippen molar-refractivity contribution in [3.05, 3.63) is 72.4 Å². The van der Waals surface area contributed by atoms with Crippen LogP contribution in [0.15, 0.2) is 71.1 Å². The number of aromatic nitrogens is 3. The smallest absolute Gasteiger partial charge is 0.227 e. The lowest BCUT2D eigenvalue weighted by molar-refractivity contribution is 0.652. The van der Waals surface area contributed by atoms with Gasteiger partial charge in [0, 0.05) is 28.4 Å². The fourth-order valence-electron chi connectivity index (χ4n) is 4.36. The molecule has 3 heterocycles. The molecule has 29 heavy (non-hydrogen) atoms. The summed E-state index contributed by atoms with van der Waals surface area (Å²) in [5.41, 5.74) is 5.64. The Kier molecular flexibility index (Phi) is 3.33. The molecule has 0 spiro atoms. The van der Waals surface area contributed by atoms with Crippen molar-refractivity contribution in [2.75, 3.05) is 0 Å². The SMILES string of the molecule is CCn1c(-c2cccc3c2oc2nc(C)ccc23)nc2ccc3ccccc3c21. The van der Waals surface area contributed by atoms with E-state index in [0.717, 1.165) is 45.5 Å². The fourth-order valence-corrected chi connectivity index (χ4v) is 4.36. The van der Waals surface area contributed by atoms with Crippen LogP contribution in [-0.4, -0.2) is 14.5 Å². The van der Waals surface area contributed by atoms with Gasteiger partial charge in [-0.15, -0.1) is 0 Å². The number of pyridine rings is 1. The van der Waals surface area contributed by atoms with Crippen LogP contribution in [0.1, 0.15) is 12.6 Å². The highest BCUT2D eigenvalue weighted by atomic mass is 16.3. The maximum atomic E-state index is 6.24. The molecule has 0 aliphatic heterocycles. The predicted octanol–water partition coefficient (Wildman–Crippen LogP) is 6.48. The van der Waals surface area contributed by atoms with E-state index in [0.29, 0.717) is 5.71 Å². The molecule has 6 aromatic rings. The van der Waals surface area contributed by atoms with Crippen LogP contribution in [0.5, 0.6) is 0 Å². The number of benzene rings is 3. The van der Waals surface area contributed by atoms with Crippen LogP contribution >= 0.6 is 0 Å². The lowest BCUT2D eigenvalue weighted by Crippen LogP contribution is -1.98. The van der Waals surface area contributed by atoms with Gasteiger partial charge in [0.05, 0.1) is 16.6 Å². The molecule has 0 unspecified atom stereocenters. The first-order valence-corrected chi connectivity index (χ1v) is 9.92. The Hall–Kier alpha value is -3.66. The van der Waals surface area contributed by atoms with Gasteiger partial charge >= 0.3 is 0 Å². The lowest BCUT2D eigenvalue weighted by atomic mass is 10.1. The second-order valence-corrected chi connectivity index (χ2v) is 7.42. The minimum absolute atomic E-state index is 0.678. The maximum Gasteiger partial charge on any atom is 0.227 e. The van der Waals surface area contributed by atoms with Gasteiger partial charge in [-0.3, -0.25) is 0 Å². The molecule has 0 aliphatic carbocycles. The highest BCUT2D eigenvalue weighted by Crippen LogP contribution is 2.37. The van der Waals surface area contributed by atoms with Gasteiger partial charge in [-0.1, -0.05) is 42.5 Å². The number of aryl methyl sites for hydroxylation is 2. The number of furan rings is 1. The Morgan fingerprint density at radius 2 is 1.69 bits per heavy atom. The molecule has 0 fully saturated rings. The Morgan fingerprint density at radius 3 is 2.59 bits per heavy atom. The van der Waals surface area contributed by atoms with Crippen LogP contribution in [0.2, 0.25) is 0 Å². The molecule has 6 rings (SSSR count). The van der Waals surface area contributed by atoms with Crippen molar-refractivity contribution in [2.24, 2.45) is 0 Å². The van der Waals surface area contributed by atoms with E-state index in [1.165, 1.54) is 16.3 Å². The quantitative estimate of drug-likeness (QED) is 0.347.